The van der Waals surface area contributed by atoms with E-state index in [1.807, 2.05) is 5.16 Å². The maximum absolute atomic E-state index is 14.3. The molecule has 4 heteroatoms. The van der Waals surface area contributed by atoms with Crippen LogP contribution in [-0.2, 0) is 0 Å². The van der Waals surface area contributed by atoms with E-state index in [2.05, 4.69) is 53.3 Å². The Morgan fingerprint density at radius 2 is 1.40 bits per heavy atom. The van der Waals surface area contributed by atoms with Crippen LogP contribution in [0.3, 0.4) is 0 Å². The van der Waals surface area contributed by atoms with Crippen LogP contribution in [0, 0.1) is 23.5 Å². The molecular formula is C26H19F2NS. The van der Waals surface area contributed by atoms with Gasteiger partial charge >= 0.3 is 0 Å². The quantitative estimate of drug-likeness (QED) is 0.246. The molecule has 0 atom stereocenters. The van der Waals surface area contributed by atoms with Crippen molar-refractivity contribution in [3.63, 3.8) is 0 Å². The second-order valence-corrected chi connectivity index (χ2v) is 7.60. The van der Waals surface area contributed by atoms with Crippen LogP contribution < -0.4 is 0 Å². The van der Waals surface area contributed by atoms with Gasteiger partial charge in [-0.2, -0.15) is 4.99 Å². The molecule has 3 aromatic carbocycles. The molecule has 0 unspecified atom stereocenters. The monoisotopic (exact) mass is 415 g/mol. The predicted octanol–water partition coefficient (Wildman–Crippen LogP) is 7.42. The fourth-order valence-corrected chi connectivity index (χ4v) is 3.97. The van der Waals surface area contributed by atoms with E-state index in [0.29, 0.717) is 11.5 Å². The standard InChI is InChI=1S/C26H19F2NS/c27-24-16-26(29-17-30)25(28)15-23(24)22-13-9-19(10-14-22)6-5-18-7-11-21(12-8-18)20-3-1-2-4-20/h7-16,20H,1-4H2. The zero-order valence-corrected chi connectivity index (χ0v) is 17.1. The van der Waals surface area contributed by atoms with Crippen LogP contribution in [0.5, 0.6) is 0 Å². The first-order valence-electron chi connectivity index (χ1n) is 9.93. The first-order chi connectivity index (χ1) is 14.6. The van der Waals surface area contributed by atoms with Gasteiger partial charge in [0.2, 0.25) is 0 Å². The number of isothiocyanates is 1. The lowest BCUT2D eigenvalue weighted by molar-refractivity contribution is 0.605. The molecule has 0 radical (unpaired) electrons. The van der Waals surface area contributed by atoms with Gasteiger partial charge in [-0.3, -0.25) is 0 Å². The van der Waals surface area contributed by atoms with Crippen LogP contribution >= 0.6 is 12.2 Å². The first-order valence-corrected chi connectivity index (χ1v) is 10.3. The van der Waals surface area contributed by atoms with Crippen molar-refractivity contribution in [2.24, 2.45) is 4.99 Å². The second kappa shape index (κ2) is 9.13. The number of thiocarbonyl (C=S) groups is 1. The van der Waals surface area contributed by atoms with Crippen molar-refractivity contribution in [3.05, 3.63) is 89.0 Å². The molecule has 0 spiro atoms. The lowest BCUT2D eigenvalue weighted by Crippen LogP contribution is -1.91. The van der Waals surface area contributed by atoms with E-state index in [1.165, 1.54) is 31.2 Å². The minimum atomic E-state index is -0.645. The summed E-state index contributed by atoms with van der Waals surface area (Å²) in [5.74, 6) is 5.78. The summed E-state index contributed by atoms with van der Waals surface area (Å²) in [6.07, 6.45) is 5.21. The van der Waals surface area contributed by atoms with Crippen molar-refractivity contribution in [1.82, 2.24) is 0 Å². The molecule has 1 aliphatic rings. The molecule has 148 valence electrons. The molecule has 0 amide bonds. The Balaban J connectivity index is 1.51. The van der Waals surface area contributed by atoms with Crippen molar-refractivity contribution in [2.45, 2.75) is 31.6 Å². The fourth-order valence-electron chi connectivity index (χ4n) is 3.87. The molecule has 1 nitrogen and oxygen atoms in total. The highest BCUT2D eigenvalue weighted by molar-refractivity contribution is 7.78. The number of hydrogen-bond donors (Lipinski definition) is 0. The van der Waals surface area contributed by atoms with Gasteiger partial charge < -0.3 is 0 Å². The maximum atomic E-state index is 14.3. The summed E-state index contributed by atoms with van der Waals surface area (Å²) in [5, 5.41) is 2.05. The van der Waals surface area contributed by atoms with Crippen LogP contribution in [0.1, 0.15) is 48.3 Å². The van der Waals surface area contributed by atoms with Gasteiger partial charge in [0.15, 0.2) is 0 Å². The molecule has 4 rings (SSSR count). The summed E-state index contributed by atoms with van der Waals surface area (Å²) >= 11 is 4.45. The Labute approximate surface area is 180 Å². The van der Waals surface area contributed by atoms with Crippen LogP contribution in [0.4, 0.5) is 14.5 Å². The molecule has 0 heterocycles. The molecule has 1 fully saturated rings. The van der Waals surface area contributed by atoms with E-state index in [0.717, 1.165) is 23.3 Å². The predicted molar refractivity (Wildman–Crippen MR) is 120 cm³/mol. The number of aliphatic imine (C=N–C) groups is 1. The van der Waals surface area contributed by atoms with Gasteiger partial charge in [-0.1, -0.05) is 48.9 Å². The summed E-state index contributed by atoms with van der Waals surface area (Å²) in [5.41, 5.74) is 3.74. The van der Waals surface area contributed by atoms with E-state index in [4.69, 9.17) is 0 Å². The van der Waals surface area contributed by atoms with Crippen molar-refractivity contribution in [2.75, 3.05) is 0 Å². The molecule has 1 aliphatic carbocycles. The Bertz CT molecular complexity index is 1160. The highest BCUT2D eigenvalue weighted by Gasteiger charge is 2.16. The number of hydrogen-bond acceptors (Lipinski definition) is 2. The topological polar surface area (TPSA) is 12.4 Å². The fraction of sp³-hybridized carbons (Fsp3) is 0.192. The average Bonchev–Trinajstić information content (AvgIpc) is 3.31. The molecule has 3 aromatic rings. The minimum absolute atomic E-state index is 0.160. The zero-order chi connectivity index (χ0) is 20.9. The number of rotatable bonds is 3. The van der Waals surface area contributed by atoms with Crippen molar-refractivity contribution in [3.8, 4) is 23.0 Å². The Morgan fingerprint density at radius 1 is 0.800 bits per heavy atom. The van der Waals surface area contributed by atoms with Gasteiger partial charge in [-0.05, 0) is 72.4 Å². The summed E-state index contributed by atoms with van der Waals surface area (Å²) in [7, 11) is 0. The SMILES string of the molecule is Fc1cc(-c2ccc(C#Cc3ccc(C4CCCC4)cc3)cc2)c(F)cc1N=C=S. The largest absolute Gasteiger partial charge is 0.206 e. The Morgan fingerprint density at radius 3 is 2.00 bits per heavy atom. The molecule has 0 saturated heterocycles. The van der Waals surface area contributed by atoms with Crippen LogP contribution in [0.2, 0.25) is 0 Å². The number of halogens is 2. The highest BCUT2D eigenvalue weighted by atomic mass is 32.1. The number of nitrogens with zero attached hydrogens (tertiary/aromatic N) is 1. The third-order valence-electron chi connectivity index (χ3n) is 5.49. The lowest BCUT2D eigenvalue weighted by atomic mass is 9.97. The van der Waals surface area contributed by atoms with Crippen LogP contribution in [0.15, 0.2) is 65.7 Å². The van der Waals surface area contributed by atoms with E-state index < -0.39 is 11.6 Å². The van der Waals surface area contributed by atoms with Gasteiger partial charge in [-0.15, -0.1) is 0 Å². The van der Waals surface area contributed by atoms with Crippen LogP contribution in [0.25, 0.3) is 11.1 Å². The average molecular weight is 416 g/mol. The first kappa shape index (κ1) is 20.2. The second-order valence-electron chi connectivity index (χ2n) is 7.42. The summed E-state index contributed by atoms with van der Waals surface area (Å²) in [4.78, 5) is 3.53. The van der Waals surface area contributed by atoms with E-state index >= 15 is 0 Å². The maximum Gasteiger partial charge on any atom is 0.150 e. The normalized spacial score (nSPS) is 13.4. The Hall–Kier alpha value is -3.12. The van der Waals surface area contributed by atoms with Gasteiger partial charge in [0, 0.05) is 22.8 Å². The highest BCUT2D eigenvalue weighted by Crippen LogP contribution is 2.34. The van der Waals surface area contributed by atoms with Crippen LogP contribution in [-0.4, -0.2) is 5.16 Å². The van der Waals surface area contributed by atoms with E-state index in [9.17, 15) is 8.78 Å². The van der Waals surface area contributed by atoms with E-state index in [-0.39, 0.29) is 11.3 Å². The molecule has 0 aliphatic heterocycles. The summed E-state index contributed by atoms with van der Waals surface area (Å²) in [6.45, 7) is 0. The van der Waals surface area contributed by atoms with Crippen molar-refractivity contribution >= 4 is 23.1 Å². The molecule has 30 heavy (non-hydrogen) atoms. The van der Waals surface area contributed by atoms with Gasteiger partial charge in [0.25, 0.3) is 0 Å². The molecule has 0 aromatic heterocycles. The van der Waals surface area contributed by atoms with Crippen molar-refractivity contribution < 1.29 is 8.78 Å². The molecular weight excluding hydrogens is 396 g/mol. The van der Waals surface area contributed by atoms with Gasteiger partial charge in [0.1, 0.15) is 17.3 Å². The molecule has 0 bridgehead atoms. The smallest absolute Gasteiger partial charge is 0.150 e. The van der Waals surface area contributed by atoms with E-state index in [1.54, 1.807) is 24.3 Å². The minimum Gasteiger partial charge on any atom is -0.206 e. The third kappa shape index (κ3) is 4.54. The van der Waals surface area contributed by atoms with Crippen molar-refractivity contribution in [1.29, 1.82) is 0 Å². The zero-order valence-electron chi connectivity index (χ0n) is 16.3. The molecule has 1 saturated carbocycles. The van der Waals surface area contributed by atoms with Gasteiger partial charge in [-0.25, -0.2) is 8.78 Å². The van der Waals surface area contributed by atoms with Gasteiger partial charge in [0.05, 0.1) is 5.16 Å². The Kier molecular flexibility index (Phi) is 6.14. The third-order valence-corrected chi connectivity index (χ3v) is 5.58. The summed E-state index contributed by atoms with van der Waals surface area (Å²) < 4.78 is 28.4. The summed E-state index contributed by atoms with van der Waals surface area (Å²) in [6, 6.07) is 17.7. The number of benzene rings is 3. The lowest BCUT2D eigenvalue weighted by Gasteiger charge is -2.08. The molecule has 0 N–H and O–H groups in total.